The van der Waals surface area contributed by atoms with Crippen LogP contribution in [0.4, 0.5) is 0 Å². The second kappa shape index (κ2) is 6.27. The predicted octanol–water partition coefficient (Wildman–Crippen LogP) is 7.67. The molecule has 0 saturated carbocycles. The van der Waals surface area contributed by atoms with Crippen LogP contribution in [0.5, 0.6) is 0 Å². The summed E-state index contributed by atoms with van der Waals surface area (Å²) < 4.78 is 12.1. The van der Waals surface area contributed by atoms with Crippen LogP contribution >= 0.6 is 11.3 Å². The third kappa shape index (κ3) is 2.67. The Labute approximate surface area is 180 Å². The van der Waals surface area contributed by atoms with Crippen LogP contribution in [0.1, 0.15) is 0 Å². The molecule has 0 aliphatic rings. The summed E-state index contributed by atoms with van der Waals surface area (Å²) in [7, 11) is 0. The van der Waals surface area contributed by atoms with Gasteiger partial charge in [0, 0.05) is 0 Å². The molecule has 4 aromatic carbocycles. The molecule has 0 unspecified atom stereocenters. The van der Waals surface area contributed by atoms with E-state index in [1.165, 1.54) is 0 Å². The van der Waals surface area contributed by atoms with Gasteiger partial charge in [-0.1, -0.05) is 48.5 Å². The number of fused-ring (bicyclic) bond motifs is 4. The number of hydrogen-bond acceptors (Lipinski definition) is 5. The monoisotopic (exact) mass is 418 g/mol. The van der Waals surface area contributed by atoms with Crippen molar-refractivity contribution < 1.29 is 8.83 Å². The number of thiophene rings is 1. The molecule has 0 fully saturated rings. The summed E-state index contributed by atoms with van der Waals surface area (Å²) in [6, 6.07) is 28.7. The lowest BCUT2D eigenvalue weighted by molar-refractivity contribution is 0.622. The molecule has 0 N–H and O–H groups in total. The van der Waals surface area contributed by atoms with Gasteiger partial charge in [0.15, 0.2) is 11.2 Å². The van der Waals surface area contributed by atoms with Crippen LogP contribution in [0, 0.1) is 0 Å². The van der Waals surface area contributed by atoms with Crippen LogP contribution in [-0.4, -0.2) is 9.97 Å². The van der Waals surface area contributed by atoms with E-state index in [0.29, 0.717) is 11.8 Å². The van der Waals surface area contributed by atoms with E-state index in [0.717, 1.165) is 53.5 Å². The van der Waals surface area contributed by atoms with E-state index < -0.39 is 0 Å². The summed E-state index contributed by atoms with van der Waals surface area (Å²) in [4.78, 5) is 11.3. The van der Waals surface area contributed by atoms with Gasteiger partial charge in [0.05, 0.1) is 9.75 Å². The summed E-state index contributed by atoms with van der Waals surface area (Å²) in [6.45, 7) is 0. The van der Waals surface area contributed by atoms with E-state index in [1.807, 2.05) is 48.5 Å². The Morgan fingerprint density at radius 2 is 0.935 bits per heavy atom. The molecule has 146 valence electrons. The van der Waals surface area contributed by atoms with Crippen LogP contribution in [0.15, 0.2) is 93.8 Å². The van der Waals surface area contributed by atoms with Crippen LogP contribution in [-0.2, 0) is 0 Å². The highest BCUT2D eigenvalue weighted by atomic mass is 32.1. The summed E-state index contributed by atoms with van der Waals surface area (Å²) in [5, 5.41) is 4.59. The molecule has 0 aliphatic heterocycles. The predicted molar refractivity (Wildman–Crippen MR) is 125 cm³/mol. The van der Waals surface area contributed by atoms with Crippen molar-refractivity contribution in [1.29, 1.82) is 0 Å². The molecule has 3 heterocycles. The minimum atomic E-state index is 0.614. The van der Waals surface area contributed by atoms with Gasteiger partial charge in [0.2, 0.25) is 11.8 Å². The van der Waals surface area contributed by atoms with Gasteiger partial charge >= 0.3 is 0 Å². The summed E-state index contributed by atoms with van der Waals surface area (Å²) in [5.41, 5.74) is 3.30. The molecule has 7 aromatic rings. The molecule has 0 atom stereocenters. The van der Waals surface area contributed by atoms with E-state index in [9.17, 15) is 0 Å². The van der Waals surface area contributed by atoms with Crippen molar-refractivity contribution in [3.05, 3.63) is 84.9 Å². The zero-order chi connectivity index (χ0) is 20.4. The molecule has 0 aliphatic carbocycles. The second-order valence-electron chi connectivity index (χ2n) is 7.54. The fourth-order valence-electron chi connectivity index (χ4n) is 4.00. The Balaban J connectivity index is 1.31. The number of rotatable bonds is 2. The van der Waals surface area contributed by atoms with Crippen LogP contribution in [0.2, 0.25) is 0 Å². The molecular formula is C26H14N2O2S. The third-order valence-electron chi connectivity index (χ3n) is 5.54. The van der Waals surface area contributed by atoms with E-state index in [-0.39, 0.29) is 0 Å². The average molecular weight is 418 g/mol. The fraction of sp³-hybridized carbons (Fsp3) is 0. The van der Waals surface area contributed by atoms with Crippen molar-refractivity contribution in [3.8, 4) is 21.5 Å². The lowest BCUT2D eigenvalue weighted by Gasteiger charge is -1.94. The first-order chi connectivity index (χ1) is 15.3. The quantitative estimate of drug-likeness (QED) is 0.289. The topological polar surface area (TPSA) is 52.1 Å². The van der Waals surface area contributed by atoms with Crippen LogP contribution in [0.3, 0.4) is 0 Å². The molecule has 7 rings (SSSR count). The van der Waals surface area contributed by atoms with Gasteiger partial charge in [-0.25, -0.2) is 9.97 Å². The molecule has 5 heteroatoms. The van der Waals surface area contributed by atoms with Crippen molar-refractivity contribution in [2.45, 2.75) is 0 Å². The SMILES string of the molecule is c1ccc2cc3oc(-c4ccc(-c5nc6cc7ccccc7cc6o5)s4)nc3cc2c1. The van der Waals surface area contributed by atoms with E-state index >= 15 is 0 Å². The van der Waals surface area contributed by atoms with Crippen LogP contribution < -0.4 is 0 Å². The van der Waals surface area contributed by atoms with Gasteiger partial charge < -0.3 is 8.83 Å². The largest absolute Gasteiger partial charge is 0.435 e. The van der Waals surface area contributed by atoms with Crippen molar-refractivity contribution >= 4 is 55.1 Å². The zero-order valence-corrected chi connectivity index (χ0v) is 17.0. The molecule has 0 bridgehead atoms. The fourth-order valence-corrected chi connectivity index (χ4v) is 4.86. The number of oxazole rings is 2. The Kier molecular flexibility index (Phi) is 3.40. The first kappa shape index (κ1) is 16.8. The highest BCUT2D eigenvalue weighted by Crippen LogP contribution is 2.37. The third-order valence-corrected chi connectivity index (χ3v) is 6.60. The van der Waals surface area contributed by atoms with Crippen molar-refractivity contribution in [1.82, 2.24) is 9.97 Å². The number of nitrogens with zero attached hydrogens (tertiary/aromatic N) is 2. The summed E-state index contributed by atoms with van der Waals surface area (Å²) >= 11 is 1.57. The Morgan fingerprint density at radius 3 is 1.39 bits per heavy atom. The molecular weight excluding hydrogens is 404 g/mol. The van der Waals surface area contributed by atoms with Gasteiger partial charge in [0.1, 0.15) is 11.0 Å². The smallest absolute Gasteiger partial charge is 0.237 e. The maximum absolute atomic E-state index is 6.07. The zero-order valence-electron chi connectivity index (χ0n) is 16.2. The molecule has 31 heavy (non-hydrogen) atoms. The molecule has 0 amide bonds. The van der Waals surface area contributed by atoms with Crippen molar-refractivity contribution in [2.75, 3.05) is 0 Å². The lowest BCUT2D eigenvalue weighted by Crippen LogP contribution is -1.73. The number of aromatic nitrogens is 2. The molecule has 0 saturated heterocycles. The number of benzene rings is 4. The molecule has 0 radical (unpaired) electrons. The highest BCUT2D eigenvalue weighted by molar-refractivity contribution is 7.18. The van der Waals surface area contributed by atoms with E-state index in [4.69, 9.17) is 18.8 Å². The minimum absolute atomic E-state index is 0.614. The molecule has 3 aromatic heterocycles. The van der Waals surface area contributed by atoms with Gasteiger partial charge in [-0.05, 0) is 57.9 Å². The Morgan fingerprint density at radius 1 is 0.516 bits per heavy atom. The van der Waals surface area contributed by atoms with Crippen LogP contribution in [0.25, 0.3) is 65.3 Å². The van der Waals surface area contributed by atoms with Gasteiger partial charge in [-0.3, -0.25) is 0 Å². The van der Waals surface area contributed by atoms with E-state index in [1.54, 1.807) is 11.3 Å². The summed E-state index contributed by atoms with van der Waals surface area (Å²) in [5.74, 6) is 1.23. The Hall–Kier alpha value is -3.96. The lowest BCUT2D eigenvalue weighted by atomic mass is 10.1. The van der Waals surface area contributed by atoms with E-state index in [2.05, 4.69) is 36.4 Å². The van der Waals surface area contributed by atoms with Crippen molar-refractivity contribution in [3.63, 3.8) is 0 Å². The summed E-state index contributed by atoms with van der Waals surface area (Å²) in [6.07, 6.45) is 0. The maximum Gasteiger partial charge on any atom is 0.237 e. The minimum Gasteiger partial charge on any atom is -0.435 e. The maximum atomic E-state index is 6.07. The van der Waals surface area contributed by atoms with Gasteiger partial charge in [0.25, 0.3) is 0 Å². The van der Waals surface area contributed by atoms with Crippen molar-refractivity contribution in [2.24, 2.45) is 0 Å². The second-order valence-corrected chi connectivity index (χ2v) is 8.62. The average Bonchev–Trinajstić information content (AvgIpc) is 3.52. The molecule has 4 nitrogen and oxygen atoms in total. The van der Waals surface area contributed by atoms with Gasteiger partial charge in [-0.15, -0.1) is 11.3 Å². The number of hydrogen-bond donors (Lipinski definition) is 0. The first-order valence-corrected chi connectivity index (χ1v) is 10.8. The first-order valence-electron chi connectivity index (χ1n) is 9.99. The van der Waals surface area contributed by atoms with Gasteiger partial charge in [-0.2, -0.15) is 0 Å². The Bertz CT molecular complexity index is 1520. The normalized spacial score (nSPS) is 11.9. The standard InChI is InChI=1S/C26H14N2O2S/c1-3-7-17-13-21-19(11-15(17)5-1)27-25(29-21)23-9-10-24(31-23)26-28-20-12-16-6-2-4-8-18(16)14-22(20)30-26/h1-14H. The highest BCUT2D eigenvalue weighted by Gasteiger charge is 2.16. The molecule has 0 spiro atoms.